The number of thiazole rings is 1. The summed E-state index contributed by atoms with van der Waals surface area (Å²) in [7, 11) is 1.40. The number of aryl methyl sites for hydroxylation is 1. The van der Waals surface area contributed by atoms with Crippen LogP contribution in [0.1, 0.15) is 22.4 Å². The lowest BCUT2D eigenvalue weighted by atomic mass is 10.1. The highest BCUT2D eigenvalue weighted by molar-refractivity contribution is 7.09. The summed E-state index contributed by atoms with van der Waals surface area (Å²) in [5, 5.41) is 12.7. The van der Waals surface area contributed by atoms with Crippen LogP contribution in [0.3, 0.4) is 0 Å². The molecule has 0 saturated heterocycles. The SMILES string of the molecule is COc1ccc(C(O)c2csc(C)n2)cc1F. The Morgan fingerprint density at radius 3 is 2.76 bits per heavy atom. The number of ether oxygens (including phenoxy) is 1. The summed E-state index contributed by atoms with van der Waals surface area (Å²) in [6, 6.07) is 4.38. The Bertz CT molecular complexity index is 527. The van der Waals surface area contributed by atoms with Crippen LogP contribution in [0.25, 0.3) is 0 Å². The van der Waals surface area contributed by atoms with Gasteiger partial charge in [-0.05, 0) is 24.6 Å². The third kappa shape index (κ3) is 2.45. The molecule has 1 atom stereocenters. The van der Waals surface area contributed by atoms with Gasteiger partial charge in [0.1, 0.15) is 6.10 Å². The highest BCUT2D eigenvalue weighted by atomic mass is 32.1. The van der Waals surface area contributed by atoms with Crippen LogP contribution in [0.15, 0.2) is 23.6 Å². The first kappa shape index (κ1) is 12.0. The van der Waals surface area contributed by atoms with Gasteiger partial charge in [-0.1, -0.05) is 6.07 Å². The van der Waals surface area contributed by atoms with Gasteiger partial charge in [0, 0.05) is 5.38 Å². The number of rotatable bonds is 3. The molecule has 1 N–H and O–H groups in total. The fraction of sp³-hybridized carbons (Fsp3) is 0.250. The van der Waals surface area contributed by atoms with Crippen LogP contribution < -0.4 is 4.74 Å². The lowest BCUT2D eigenvalue weighted by Crippen LogP contribution is -2.01. The summed E-state index contributed by atoms with van der Waals surface area (Å²) in [5.74, 6) is -0.327. The van der Waals surface area contributed by atoms with Gasteiger partial charge in [0.15, 0.2) is 11.6 Å². The fourth-order valence-electron chi connectivity index (χ4n) is 1.53. The molecule has 90 valence electrons. The second-order valence-electron chi connectivity index (χ2n) is 3.59. The summed E-state index contributed by atoms with van der Waals surface area (Å²) < 4.78 is 18.3. The van der Waals surface area contributed by atoms with Crippen LogP contribution in [-0.2, 0) is 0 Å². The Morgan fingerprint density at radius 2 is 2.24 bits per heavy atom. The van der Waals surface area contributed by atoms with Crippen molar-refractivity contribution in [2.45, 2.75) is 13.0 Å². The Balaban J connectivity index is 2.31. The predicted molar refractivity (Wildman–Crippen MR) is 63.9 cm³/mol. The zero-order valence-electron chi connectivity index (χ0n) is 9.48. The first-order valence-electron chi connectivity index (χ1n) is 5.05. The summed E-state index contributed by atoms with van der Waals surface area (Å²) in [4.78, 5) is 4.17. The average Bonchev–Trinajstić information content (AvgIpc) is 2.75. The van der Waals surface area contributed by atoms with E-state index in [4.69, 9.17) is 4.74 Å². The second-order valence-corrected chi connectivity index (χ2v) is 4.65. The lowest BCUT2D eigenvalue weighted by Gasteiger charge is -2.09. The molecule has 2 rings (SSSR count). The van der Waals surface area contributed by atoms with Crippen molar-refractivity contribution in [3.63, 3.8) is 0 Å². The van der Waals surface area contributed by atoms with Gasteiger partial charge in [-0.3, -0.25) is 0 Å². The molecule has 1 aromatic heterocycles. The minimum absolute atomic E-state index is 0.162. The Morgan fingerprint density at radius 1 is 1.47 bits per heavy atom. The summed E-state index contributed by atoms with van der Waals surface area (Å²) >= 11 is 1.45. The number of aliphatic hydroxyl groups excluding tert-OH is 1. The first-order valence-corrected chi connectivity index (χ1v) is 5.93. The maximum Gasteiger partial charge on any atom is 0.165 e. The monoisotopic (exact) mass is 253 g/mol. The van der Waals surface area contributed by atoms with Crippen molar-refractivity contribution >= 4 is 11.3 Å². The van der Waals surface area contributed by atoms with Crippen LogP contribution in [0.5, 0.6) is 5.75 Å². The predicted octanol–water partition coefficient (Wildman–Crippen LogP) is 2.68. The van der Waals surface area contributed by atoms with Crippen molar-refractivity contribution in [1.29, 1.82) is 0 Å². The number of methoxy groups -OCH3 is 1. The van der Waals surface area contributed by atoms with Crippen LogP contribution in [0, 0.1) is 12.7 Å². The van der Waals surface area contributed by atoms with Crippen LogP contribution >= 0.6 is 11.3 Å². The van der Waals surface area contributed by atoms with Crippen molar-refractivity contribution in [1.82, 2.24) is 4.98 Å². The number of hydrogen-bond donors (Lipinski definition) is 1. The maximum absolute atomic E-state index is 13.5. The van der Waals surface area contributed by atoms with E-state index in [9.17, 15) is 9.50 Å². The molecule has 17 heavy (non-hydrogen) atoms. The van der Waals surface area contributed by atoms with Crippen molar-refractivity contribution in [3.05, 3.63) is 45.7 Å². The van der Waals surface area contributed by atoms with E-state index in [-0.39, 0.29) is 5.75 Å². The molecule has 0 radical (unpaired) electrons. The quantitative estimate of drug-likeness (QED) is 0.914. The smallest absolute Gasteiger partial charge is 0.165 e. The molecular formula is C12H12FNO2S. The van der Waals surface area contributed by atoms with E-state index in [0.29, 0.717) is 11.3 Å². The molecule has 1 heterocycles. The summed E-state index contributed by atoms with van der Waals surface area (Å²) in [5.41, 5.74) is 1.01. The number of hydrogen-bond acceptors (Lipinski definition) is 4. The molecular weight excluding hydrogens is 241 g/mol. The van der Waals surface area contributed by atoms with Gasteiger partial charge >= 0.3 is 0 Å². The molecule has 0 fully saturated rings. The molecule has 0 spiro atoms. The van der Waals surface area contributed by atoms with E-state index < -0.39 is 11.9 Å². The van der Waals surface area contributed by atoms with Crippen molar-refractivity contribution < 1.29 is 14.2 Å². The van der Waals surface area contributed by atoms with Crippen molar-refractivity contribution in [2.75, 3.05) is 7.11 Å². The minimum Gasteiger partial charge on any atom is -0.494 e. The van der Waals surface area contributed by atoms with Crippen molar-refractivity contribution in [3.8, 4) is 5.75 Å². The van der Waals surface area contributed by atoms with E-state index in [1.54, 1.807) is 11.4 Å². The molecule has 3 nitrogen and oxygen atoms in total. The highest BCUT2D eigenvalue weighted by Gasteiger charge is 2.15. The third-order valence-electron chi connectivity index (χ3n) is 2.41. The van der Waals surface area contributed by atoms with Crippen LogP contribution in [0.4, 0.5) is 4.39 Å². The van der Waals surface area contributed by atoms with E-state index in [2.05, 4.69) is 4.98 Å². The molecule has 0 aliphatic rings. The Labute approximate surface area is 103 Å². The average molecular weight is 253 g/mol. The minimum atomic E-state index is -0.902. The second kappa shape index (κ2) is 4.81. The number of nitrogens with zero attached hydrogens (tertiary/aromatic N) is 1. The topological polar surface area (TPSA) is 42.4 Å². The maximum atomic E-state index is 13.5. The molecule has 5 heteroatoms. The van der Waals surface area contributed by atoms with E-state index >= 15 is 0 Å². The normalized spacial score (nSPS) is 12.5. The van der Waals surface area contributed by atoms with Gasteiger partial charge < -0.3 is 9.84 Å². The van der Waals surface area contributed by atoms with E-state index in [0.717, 1.165) is 5.01 Å². The van der Waals surface area contributed by atoms with Gasteiger partial charge in [0.05, 0.1) is 17.8 Å². The third-order valence-corrected chi connectivity index (χ3v) is 3.20. The Kier molecular flexibility index (Phi) is 3.40. The summed E-state index contributed by atoms with van der Waals surface area (Å²) in [6.45, 7) is 1.86. The number of aliphatic hydroxyl groups is 1. The molecule has 0 aliphatic heterocycles. The van der Waals surface area contributed by atoms with E-state index in [1.807, 2.05) is 6.92 Å². The largest absolute Gasteiger partial charge is 0.494 e. The van der Waals surface area contributed by atoms with Crippen molar-refractivity contribution in [2.24, 2.45) is 0 Å². The van der Waals surface area contributed by atoms with Gasteiger partial charge in [0.25, 0.3) is 0 Å². The van der Waals surface area contributed by atoms with Crippen LogP contribution in [0.2, 0.25) is 0 Å². The standard InChI is InChI=1S/C12H12FNO2S/c1-7-14-10(6-17-7)12(15)8-3-4-11(16-2)9(13)5-8/h3-6,12,15H,1-2H3. The lowest BCUT2D eigenvalue weighted by molar-refractivity contribution is 0.215. The summed E-state index contributed by atoms with van der Waals surface area (Å²) in [6.07, 6.45) is -0.902. The van der Waals surface area contributed by atoms with Gasteiger partial charge in [-0.2, -0.15) is 0 Å². The van der Waals surface area contributed by atoms with Gasteiger partial charge in [-0.15, -0.1) is 11.3 Å². The van der Waals surface area contributed by atoms with Gasteiger partial charge in [0.2, 0.25) is 0 Å². The zero-order chi connectivity index (χ0) is 12.4. The molecule has 0 bridgehead atoms. The molecule has 0 aliphatic carbocycles. The molecule has 2 aromatic rings. The number of halogens is 1. The zero-order valence-corrected chi connectivity index (χ0v) is 10.3. The highest BCUT2D eigenvalue weighted by Crippen LogP contribution is 2.26. The molecule has 0 saturated carbocycles. The van der Waals surface area contributed by atoms with Crippen LogP contribution in [-0.4, -0.2) is 17.2 Å². The Hall–Kier alpha value is -1.46. The van der Waals surface area contributed by atoms with E-state index in [1.165, 1.54) is 30.6 Å². The molecule has 0 amide bonds. The fourth-order valence-corrected chi connectivity index (χ4v) is 2.16. The first-order chi connectivity index (χ1) is 8.11. The number of benzene rings is 1. The molecule has 1 aromatic carbocycles. The number of aromatic nitrogens is 1. The molecule has 1 unspecified atom stereocenters. The van der Waals surface area contributed by atoms with Gasteiger partial charge in [-0.25, -0.2) is 9.37 Å².